The Morgan fingerprint density at radius 3 is 2.45 bits per heavy atom. The molecule has 0 saturated carbocycles. The van der Waals surface area contributed by atoms with Gasteiger partial charge in [0, 0.05) is 11.3 Å². The molecule has 0 fully saturated rings. The molecule has 0 atom stereocenters. The Morgan fingerprint density at radius 2 is 1.95 bits per heavy atom. The van der Waals surface area contributed by atoms with Crippen molar-refractivity contribution in [2.45, 2.75) is 30.1 Å². The molecule has 1 aromatic rings. The van der Waals surface area contributed by atoms with Crippen molar-refractivity contribution in [1.29, 1.82) is 0 Å². The predicted molar refractivity (Wildman–Crippen MR) is 75.1 cm³/mol. The first-order valence-electron chi connectivity index (χ1n) is 5.77. The molecular weight excluding hydrogens is 308 g/mol. The molecule has 0 unspecified atom stereocenters. The van der Waals surface area contributed by atoms with E-state index in [1.165, 1.54) is 11.8 Å². The molecule has 0 aliphatic heterocycles. The van der Waals surface area contributed by atoms with Crippen LogP contribution >= 0.6 is 11.8 Å². The molecule has 114 valence electrons. The Labute approximate surface area is 121 Å². The number of thioether (sulfide) groups is 1. The van der Waals surface area contributed by atoms with Crippen molar-refractivity contribution < 1.29 is 22.3 Å². The van der Waals surface area contributed by atoms with Gasteiger partial charge in [-0.25, -0.2) is 21.9 Å². The van der Waals surface area contributed by atoms with E-state index in [-0.39, 0.29) is 11.3 Å². The van der Waals surface area contributed by atoms with Gasteiger partial charge in [0.2, 0.25) is 10.0 Å². The van der Waals surface area contributed by atoms with Gasteiger partial charge in [-0.1, -0.05) is 0 Å². The van der Waals surface area contributed by atoms with Crippen LogP contribution in [0.15, 0.2) is 17.0 Å². The minimum Gasteiger partial charge on any atom is -0.391 e. The van der Waals surface area contributed by atoms with Crippen molar-refractivity contribution in [3.63, 3.8) is 0 Å². The Kier molecular flexibility index (Phi) is 5.54. The Balaban J connectivity index is 3.11. The van der Waals surface area contributed by atoms with Crippen LogP contribution in [0.5, 0.6) is 0 Å². The van der Waals surface area contributed by atoms with Gasteiger partial charge in [0.15, 0.2) is 5.82 Å². The van der Waals surface area contributed by atoms with E-state index in [9.17, 15) is 17.2 Å². The lowest BCUT2D eigenvalue weighted by atomic mass is 10.2. The highest BCUT2D eigenvalue weighted by atomic mass is 32.2. The summed E-state index contributed by atoms with van der Waals surface area (Å²) in [7, 11) is -4.10. The van der Waals surface area contributed by atoms with Gasteiger partial charge >= 0.3 is 0 Å². The zero-order valence-corrected chi connectivity index (χ0v) is 13.0. The lowest BCUT2D eigenvalue weighted by Gasteiger charge is -2.22. The molecule has 0 saturated heterocycles. The Morgan fingerprint density at radius 1 is 1.35 bits per heavy atom. The van der Waals surface area contributed by atoms with Crippen LogP contribution in [0, 0.1) is 11.6 Å². The SMILES string of the molecule is CSC(C)(C)CNS(=O)(=O)c1ccc(F)c(CO)c1F. The zero-order valence-electron chi connectivity index (χ0n) is 11.4. The van der Waals surface area contributed by atoms with Crippen molar-refractivity contribution in [1.82, 2.24) is 4.72 Å². The topological polar surface area (TPSA) is 66.4 Å². The van der Waals surface area contributed by atoms with E-state index in [0.29, 0.717) is 0 Å². The highest BCUT2D eigenvalue weighted by Gasteiger charge is 2.26. The third kappa shape index (κ3) is 3.91. The summed E-state index contributed by atoms with van der Waals surface area (Å²) >= 11 is 1.46. The molecule has 0 aliphatic rings. The normalized spacial score (nSPS) is 12.7. The maximum Gasteiger partial charge on any atom is 0.243 e. The molecule has 0 bridgehead atoms. The lowest BCUT2D eigenvalue weighted by molar-refractivity contribution is 0.267. The minimum atomic E-state index is -4.10. The van der Waals surface area contributed by atoms with E-state index in [1.54, 1.807) is 0 Å². The molecule has 20 heavy (non-hydrogen) atoms. The average molecular weight is 325 g/mol. The first-order valence-corrected chi connectivity index (χ1v) is 8.48. The van der Waals surface area contributed by atoms with Gasteiger partial charge in [-0.05, 0) is 32.2 Å². The van der Waals surface area contributed by atoms with Crippen LogP contribution in [0.2, 0.25) is 0 Å². The second-order valence-electron chi connectivity index (χ2n) is 4.78. The molecule has 0 aliphatic carbocycles. The van der Waals surface area contributed by atoms with E-state index < -0.39 is 38.7 Å². The molecule has 0 amide bonds. The number of hydrogen-bond acceptors (Lipinski definition) is 4. The summed E-state index contributed by atoms with van der Waals surface area (Å²) in [4.78, 5) is -0.667. The monoisotopic (exact) mass is 325 g/mol. The molecule has 4 nitrogen and oxygen atoms in total. The van der Waals surface area contributed by atoms with Crippen molar-refractivity contribution >= 4 is 21.8 Å². The van der Waals surface area contributed by atoms with Gasteiger partial charge in [-0.15, -0.1) is 0 Å². The summed E-state index contributed by atoms with van der Waals surface area (Å²) in [6, 6.07) is 1.67. The van der Waals surface area contributed by atoms with Crippen LogP contribution in [0.1, 0.15) is 19.4 Å². The number of aliphatic hydroxyl groups is 1. The van der Waals surface area contributed by atoms with Crippen molar-refractivity contribution in [3.05, 3.63) is 29.3 Å². The number of aliphatic hydroxyl groups excluding tert-OH is 1. The van der Waals surface area contributed by atoms with Crippen molar-refractivity contribution in [3.8, 4) is 0 Å². The standard InChI is InChI=1S/C12H17F2NO3S2/c1-12(2,19-3)7-15-20(17,18)10-5-4-9(13)8(6-16)11(10)14/h4-5,15-16H,6-7H2,1-3H3. The molecule has 0 aromatic heterocycles. The summed E-state index contributed by atoms with van der Waals surface area (Å²) < 4.78 is 53.1. The number of benzene rings is 1. The molecular formula is C12H17F2NO3S2. The zero-order chi connectivity index (χ0) is 15.6. The number of rotatable bonds is 6. The van der Waals surface area contributed by atoms with E-state index in [2.05, 4.69) is 4.72 Å². The van der Waals surface area contributed by atoms with E-state index in [0.717, 1.165) is 12.1 Å². The lowest BCUT2D eigenvalue weighted by Crippen LogP contribution is -2.36. The smallest absolute Gasteiger partial charge is 0.243 e. The Hall–Kier alpha value is -0.700. The van der Waals surface area contributed by atoms with E-state index >= 15 is 0 Å². The van der Waals surface area contributed by atoms with Crippen LogP contribution in [0.25, 0.3) is 0 Å². The van der Waals surface area contributed by atoms with Crippen LogP contribution in [-0.4, -0.2) is 31.1 Å². The fraction of sp³-hybridized carbons (Fsp3) is 0.500. The number of nitrogens with one attached hydrogen (secondary N) is 1. The molecule has 1 aromatic carbocycles. The summed E-state index contributed by atoms with van der Waals surface area (Å²) in [5.74, 6) is -2.24. The third-order valence-electron chi connectivity index (χ3n) is 2.84. The first-order chi connectivity index (χ1) is 9.14. The molecule has 0 spiro atoms. The maximum atomic E-state index is 13.9. The minimum absolute atomic E-state index is 0.0990. The van der Waals surface area contributed by atoms with E-state index in [1.807, 2.05) is 20.1 Å². The van der Waals surface area contributed by atoms with Gasteiger partial charge in [0.1, 0.15) is 10.7 Å². The fourth-order valence-corrected chi connectivity index (χ4v) is 2.97. The quantitative estimate of drug-likeness (QED) is 0.838. The highest BCUT2D eigenvalue weighted by molar-refractivity contribution is 8.00. The van der Waals surface area contributed by atoms with Gasteiger partial charge in [0.25, 0.3) is 0 Å². The Bertz CT molecular complexity index is 589. The molecule has 8 heteroatoms. The second-order valence-corrected chi connectivity index (χ2v) is 8.03. The fourth-order valence-electron chi connectivity index (χ4n) is 1.35. The summed E-state index contributed by atoms with van der Waals surface area (Å²) in [5.41, 5.74) is -0.656. The van der Waals surface area contributed by atoms with Gasteiger partial charge in [-0.3, -0.25) is 0 Å². The third-order valence-corrected chi connectivity index (χ3v) is 5.51. The van der Waals surface area contributed by atoms with Crippen LogP contribution < -0.4 is 4.72 Å². The number of halogens is 2. The largest absolute Gasteiger partial charge is 0.391 e. The van der Waals surface area contributed by atoms with Crippen molar-refractivity contribution in [2.75, 3.05) is 12.8 Å². The summed E-state index contributed by atoms with van der Waals surface area (Å²) in [6.45, 7) is 2.86. The van der Waals surface area contributed by atoms with Crippen LogP contribution in [0.3, 0.4) is 0 Å². The summed E-state index contributed by atoms with van der Waals surface area (Å²) in [6.07, 6.45) is 1.83. The van der Waals surface area contributed by atoms with Gasteiger partial charge in [0.05, 0.1) is 12.2 Å². The number of sulfonamides is 1. The molecule has 0 heterocycles. The van der Waals surface area contributed by atoms with Crippen LogP contribution in [-0.2, 0) is 16.6 Å². The molecule has 2 N–H and O–H groups in total. The molecule has 1 rings (SSSR count). The highest BCUT2D eigenvalue weighted by Crippen LogP contribution is 2.23. The van der Waals surface area contributed by atoms with Gasteiger partial charge < -0.3 is 5.11 Å². The number of hydrogen-bond donors (Lipinski definition) is 2. The van der Waals surface area contributed by atoms with Crippen molar-refractivity contribution in [2.24, 2.45) is 0 Å². The van der Waals surface area contributed by atoms with Crippen LogP contribution in [0.4, 0.5) is 8.78 Å². The second kappa shape index (κ2) is 6.38. The first kappa shape index (κ1) is 17.4. The van der Waals surface area contributed by atoms with Gasteiger partial charge in [-0.2, -0.15) is 11.8 Å². The average Bonchev–Trinajstić information content (AvgIpc) is 2.37. The molecule has 0 radical (unpaired) electrons. The maximum absolute atomic E-state index is 13.9. The predicted octanol–water partition coefficient (Wildman–Crippen LogP) is 1.88. The van der Waals surface area contributed by atoms with E-state index in [4.69, 9.17) is 5.11 Å². The summed E-state index contributed by atoms with van der Waals surface area (Å²) in [5, 5.41) is 8.89.